The largest absolute Gasteiger partial charge is 0.308 e. The molecule has 0 fully saturated rings. The molecule has 0 aliphatic carbocycles. The highest BCUT2D eigenvalue weighted by Gasteiger charge is 1.99. The van der Waals surface area contributed by atoms with Crippen molar-refractivity contribution in [2.75, 3.05) is 0 Å². The molecule has 0 aliphatic rings. The van der Waals surface area contributed by atoms with E-state index in [9.17, 15) is 10.1 Å². The number of nitrogens with zero attached hydrogens (tertiary/aromatic N) is 1. The lowest BCUT2D eigenvalue weighted by atomic mass is 10.2. The minimum Gasteiger partial charge on any atom is -0.264 e. The van der Waals surface area contributed by atoms with Gasteiger partial charge in [0.2, 0.25) is 0 Å². The van der Waals surface area contributed by atoms with Crippen LogP contribution >= 0.6 is 0 Å². The van der Waals surface area contributed by atoms with Gasteiger partial charge in [0, 0.05) is 10.5 Å². The summed E-state index contributed by atoms with van der Waals surface area (Å²) in [5.41, 5.74) is 0.618. The number of hydrogen-bond donors (Lipinski definition) is 0. The topological polar surface area (TPSA) is 43.1 Å². The van der Waals surface area contributed by atoms with Crippen LogP contribution in [-0.2, 0) is 0 Å². The lowest BCUT2D eigenvalue weighted by Crippen LogP contribution is -1.93. The van der Waals surface area contributed by atoms with Crippen molar-refractivity contribution in [2.45, 2.75) is 0 Å². The summed E-state index contributed by atoms with van der Waals surface area (Å²) >= 11 is 0. The Balaban J connectivity index is 2.67. The molecule has 0 heterocycles. The molecule has 0 amide bonds. The molecule has 0 atom stereocenters. The van der Waals surface area contributed by atoms with Gasteiger partial charge in [-0.2, -0.15) is 0 Å². The van der Waals surface area contributed by atoms with Crippen molar-refractivity contribution in [1.29, 1.82) is 0 Å². The molecular weight excluding hydrogens is 130 g/mol. The van der Waals surface area contributed by atoms with E-state index in [-0.39, 0.29) is 0 Å². The van der Waals surface area contributed by atoms with E-state index in [2.05, 4.69) is 0 Å². The van der Waals surface area contributed by atoms with Gasteiger partial charge < -0.3 is 0 Å². The Morgan fingerprint density at radius 2 is 1.90 bits per heavy atom. The van der Waals surface area contributed by atoms with Crippen molar-refractivity contribution in [2.24, 2.45) is 0 Å². The molecule has 0 aliphatic heterocycles. The summed E-state index contributed by atoms with van der Waals surface area (Å²) in [5, 5.41) is 9.92. The predicted octanol–water partition coefficient (Wildman–Crippen LogP) is 1.47. The van der Waals surface area contributed by atoms with Crippen LogP contribution in [0, 0.1) is 16.7 Å². The van der Waals surface area contributed by atoms with Crippen molar-refractivity contribution in [3.8, 4) is 0 Å². The molecule has 1 rings (SSSR count). The molecule has 3 nitrogen and oxygen atoms in total. The van der Waals surface area contributed by atoms with E-state index in [0.29, 0.717) is 5.56 Å². The normalized spacial score (nSPS) is 9.20. The minimum absolute atomic E-state index is 0.463. The van der Waals surface area contributed by atoms with Crippen molar-refractivity contribution in [3.63, 3.8) is 0 Å². The van der Waals surface area contributed by atoms with Crippen LogP contribution in [0.2, 0.25) is 0 Å². The molecule has 1 radical (unpaired) electrons. The van der Waals surface area contributed by atoms with Crippen LogP contribution in [0.1, 0.15) is 5.56 Å². The maximum atomic E-state index is 9.92. The van der Waals surface area contributed by atoms with Gasteiger partial charge in [-0.25, -0.2) is 0 Å². The Hall–Kier alpha value is -1.38. The van der Waals surface area contributed by atoms with Crippen LogP contribution in [-0.4, -0.2) is 4.92 Å². The van der Waals surface area contributed by atoms with E-state index in [1.807, 2.05) is 6.07 Å². The Kier molecular flexibility index (Phi) is 1.99. The van der Waals surface area contributed by atoms with E-state index in [1.54, 1.807) is 24.3 Å². The zero-order valence-electron chi connectivity index (χ0n) is 5.23. The summed E-state index contributed by atoms with van der Waals surface area (Å²) in [6.45, 7) is 0.972. The van der Waals surface area contributed by atoms with Crippen molar-refractivity contribution < 1.29 is 4.92 Å². The third-order valence-electron chi connectivity index (χ3n) is 1.05. The lowest BCUT2D eigenvalue weighted by Gasteiger charge is -1.89. The lowest BCUT2D eigenvalue weighted by molar-refractivity contribution is -0.429. The smallest absolute Gasteiger partial charge is 0.264 e. The monoisotopic (exact) mass is 136 g/mol. The Morgan fingerprint density at radius 1 is 1.30 bits per heavy atom. The average Bonchev–Trinajstić information content (AvgIpc) is 1.88. The highest BCUT2D eigenvalue weighted by Crippen LogP contribution is 2.00. The molecule has 1 aromatic carbocycles. The van der Waals surface area contributed by atoms with Crippen molar-refractivity contribution >= 4 is 0 Å². The van der Waals surface area contributed by atoms with Crippen LogP contribution < -0.4 is 0 Å². The Morgan fingerprint density at radius 3 is 2.40 bits per heavy atom. The standard InChI is InChI=1S/C7H6NO2/c9-8(10)6-7-4-2-1-3-5-7/h1-6H. The molecule has 1 aromatic rings. The fraction of sp³-hybridized carbons (Fsp3) is 0. The van der Waals surface area contributed by atoms with E-state index in [0.717, 1.165) is 6.54 Å². The summed E-state index contributed by atoms with van der Waals surface area (Å²) < 4.78 is 0. The van der Waals surface area contributed by atoms with Crippen molar-refractivity contribution in [1.82, 2.24) is 0 Å². The molecular formula is C7H6NO2. The third kappa shape index (κ3) is 1.85. The van der Waals surface area contributed by atoms with Gasteiger partial charge in [-0.15, -0.1) is 0 Å². The van der Waals surface area contributed by atoms with Gasteiger partial charge in [0.15, 0.2) is 0 Å². The van der Waals surface area contributed by atoms with Crippen LogP contribution in [0.3, 0.4) is 0 Å². The molecule has 0 unspecified atom stereocenters. The summed E-state index contributed by atoms with van der Waals surface area (Å²) in [6, 6.07) is 8.70. The highest BCUT2D eigenvalue weighted by molar-refractivity contribution is 5.19. The summed E-state index contributed by atoms with van der Waals surface area (Å²) in [7, 11) is 0. The number of nitro groups is 1. The van der Waals surface area contributed by atoms with Crippen LogP contribution in [0.25, 0.3) is 0 Å². The number of rotatable bonds is 2. The Bertz CT molecular complexity index is 220. The van der Waals surface area contributed by atoms with E-state index in [1.165, 1.54) is 0 Å². The summed E-state index contributed by atoms with van der Waals surface area (Å²) in [6.07, 6.45) is 0. The first-order chi connectivity index (χ1) is 4.79. The molecule has 0 saturated carbocycles. The number of hydrogen-bond acceptors (Lipinski definition) is 2. The van der Waals surface area contributed by atoms with Gasteiger partial charge in [-0.05, 0) is 0 Å². The zero-order valence-corrected chi connectivity index (χ0v) is 5.23. The van der Waals surface area contributed by atoms with Gasteiger partial charge in [-0.3, -0.25) is 10.1 Å². The second-order valence-electron chi connectivity index (χ2n) is 1.83. The van der Waals surface area contributed by atoms with Gasteiger partial charge in [0.05, 0.1) is 0 Å². The summed E-state index contributed by atoms with van der Waals surface area (Å²) in [4.78, 5) is 9.46. The summed E-state index contributed by atoms with van der Waals surface area (Å²) in [5.74, 6) is 0. The molecule has 3 heteroatoms. The highest BCUT2D eigenvalue weighted by atomic mass is 16.6. The van der Waals surface area contributed by atoms with Crippen LogP contribution in [0.15, 0.2) is 30.3 Å². The van der Waals surface area contributed by atoms with E-state index in [4.69, 9.17) is 0 Å². The first-order valence-corrected chi connectivity index (χ1v) is 2.82. The first-order valence-electron chi connectivity index (χ1n) is 2.82. The van der Waals surface area contributed by atoms with Crippen molar-refractivity contribution in [3.05, 3.63) is 52.6 Å². The number of benzene rings is 1. The molecule has 10 heavy (non-hydrogen) atoms. The van der Waals surface area contributed by atoms with Gasteiger partial charge in [0.25, 0.3) is 0 Å². The van der Waals surface area contributed by atoms with Crippen LogP contribution in [0.4, 0.5) is 0 Å². The zero-order chi connectivity index (χ0) is 7.40. The molecule has 0 spiro atoms. The minimum atomic E-state index is -0.463. The fourth-order valence-electron chi connectivity index (χ4n) is 0.661. The van der Waals surface area contributed by atoms with Gasteiger partial charge in [-0.1, -0.05) is 30.3 Å². The van der Waals surface area contributed by atoms with Crippen LogP contribution in [0.5, 0.6) is 0 Å². The first kappa shape index (κ1) is 6.74. The van der Waals surface area contributed by atoms with E-state index >= 15 is 0 Å². The second-order valence-corrected chi connectivity index (χ2v) is 1.83. The Labute approximate surface area is 58.4 Å². The molecule has 0 saturated heterocycles. The third-order valence-corrected chi connectivity index (χ3v) is 1.05. The van der Waals surface area contributed by atoms with Gasteiger partial charge in [0.1, 0.15) is 0 Å². The maximum Gasteiger partial charge on any atom is 0.308 e. The molecule has 51 valence electrons. The van der Waals surface area contributed by atoms with E-state index < -0.39 is 4.92 Å². The SMILES string of the molecule is O=[N+]([O-])[CH]c1ccccc1. The van der Waals surface area contributed by atoms with Gasteiger partial charge >= 0.3 is 6.54 Å². The average molecular weight is 136 g/mol. The predicted molar refractivity (Wildman–Crippen MR) is 36.8 cm³/mol. The molecule has 0 N–H and O–H groups in total. The fourth-order valence-corrected chi connectivity index (χ4v) is 0.661. The quantitative estimate of drug-likeness (QED) is 0.456. The maximum absolute atomic E-state index is 9.92. The second kappa shape index (κ2) is 2.96. The molecule has 0 bridgehead atoms. The molecule has 0 aromatic heterocycles.